The van der Waals surface area contributed by atoms with E-state index in [-0.39, 0.29) is 17.8 Å². The summed E-state index contributed by atoms with van der Waals surface area (Å²) < 4.78 is 53.9. The average molecular weight is 463 g/mol. The van der Waals surface area contributed by atoms with Crippen molar-refractivity contribution in [1.82, 2.24) is 4.90 Å². The van der Waals surface area contributed by atoms with Gasteiger partial charge in [0.1, 0.15) is 22.7 Å². The summed E-state index contributed by atoms with van der Waals surface area (Å²) in [5.41, 5.74) is 0.568. The first kappa shape index (κ1) is 23.3. The van der Waals surface area contributed by atoms with E-state index in [2.05, 4.69) is 4.74 Å². The Morgan fingerprint density at radius 3 is 2.24 bits per heavy atom. The number of likely N-dealkylation sites (tertiary alicyclic amines) is 1. The third-order valence-corrected chi connectivity index (χ3v) is 6.10. The Labute approximate surface area is 191 Å². The van der Waals surface area contributed by atoms with E-state index in [0.717, 1.165) is 16.9 Å². The van der Waals surface area contributed by atoms with Crippen molar-refractivity contribution in [1.29, 1.82) is 0 Å². The number of para-hydroxylation sites is 1. The minimum absolute atomic E-state index is 0.0676. The summed E-state index contributed by atoms with van der Waals surface area (Å²) in [6.07, 6.45) is -3.09. The molecule has 33 heavy (non-hydrogen) atoms. The summed E-state index contributed by atoms with van der Waals surface area (Å²) in [5, 5.41) is 0. The number of fused-ring (bicyclic) bond motifs is 1. The highest BCUT2D eigenvalue weighted by Crippen LogP contribution is 2.49. The average Bonchev–Trinajstić information content (AvgIpc) is 3.13. The highest BCUT2D eigenvalue weighted by Gasteiger charge is 2.48. The largest absolute Gasteiger partial charge is 0.573 e. The number of alkyl halides is 3. The molecule has 178 valence electrons. The molecule has 2 aliphatic rings. The Kier molecular flexibility index (Phi) is 5.97. The Bertz CT molecular complexity index is 965. The molecular weight excluding hydrogens is 435 g/mol. The van der Waals surface area contributed by atoms with Crippen LogP contribution in [0.1, 0.15) is 44.7 Å². The van der Waals surface area contributed by atoms with Gasteiger partial charge in [-0.05, 0) is 62.9 Å². The molecule has 0 spiro atoms. The normalized spacial score (nSPS) is 21.3. The van der Waals surface area contributed by atoms with Gasteiger partial charge in [0.15, 0.2) is 0 Å². The quantitative estimate of drug-likeness (QED) is 0.555. The van der Waals surface area contributed by atoms with Gasteiger partial charge in [-0.15, -0.1) is 13.2 Å². The van der Waals surface area contributed by atoms with Crippen LogP contribution in [0.4, 0.5) is 18.0 Å². The SMILES string of the molecule is CC(C)(C)OC(=O)N1CCC(C2(c3ccc(OC(F)(F)F)cc3)Cc3ccccc3O2)CC1. The molecule has 0 bridgehead atoms. The molecule has 0 aliphatic carbocycles. The Hall–Kier alpha value is -2.90. The third kappa shape index (κ3) is 5.20. The van der Waals surface area contributed by atoms with Gasteiger partial charge in [-0.25, -0.2) is 4.79 Å². The van der Waals surface area contributed by atoms with Crippen molar-refractivity contribution in [3.63, 3.8) is 0 Å². The van der Waals surface area contributed by atoms with Gasteiger partial charge < -0.3 is 19.1 Å². The number of hydrogen-bond acceptors (Lipinski definition) is 4. The maximum absolute atomic E-state index is 12.6. The van der Waals surface area contributed by atoms with Crippen LogP contribution in [0.25, 0.3) is 0 Å². The molecule has 2 aromatic carbocycles. The molecule has 1 unspecified atom stereocenters. The number of nitrogens with zero attached hydrogens (tertiary/aromatic N) is 1. The van der Waals surface area contributed by atoms with Crippen LogP contribution in [0.5, 0.6) is 11.5 Å². The predicted octanol–water partition coefficient (Wildman–Crippen LogP) is 6.06. The number of amides is 1. The molecular formula is C25H28F3NO4. The molecule has 1 saturated heterocycles. The van der Waals surface area contributed by atoms with E-state index >= 15 is 0 Å². The van der Waals surface area contributed by atoms with Crippen LogP contribution in [-0.4, -0.2) is 36.0 Å². The van der Waals surface area contributed by atoms with Crippen molar-refractivity contribution in [2.45, 2.75) is 57.6 Å². The summed E-state index contributed by atoms with van der Waals surface area (Å²) >= 11 is 0. The number of rotatable bonds is 3. The van der Waals surface area contributed by atoms with E-state index in [9.17, 15) is 18.0 Å². The van der Waals surface area contributed by atoms with Gasteiger partial charge in [0, 0.05) is 25.4 Å². The highest BCUT2D eigenvalue weighted by molar-refractivity contribution is 5.68. The van der Waals surface area contributed by atoms with Crippen molar-refractivity contribution in [2.24, 2.45) is 5.92 Å². The van der Waals surface area contributed by atoms with Crippen LogP contribution in [-0.2, 0) is 16.8 Å². The fraction of sp³-hybridized carbons (Fsp3) is 0.480. The monoisotopic (exact) mass is 463 g/mol. The van der Waals surface area contributed by atoms with Gasteiger partial charge >= 0.3 is 12.5 Å². The Morgan fingerprint density at radius 2 is 1.67 bits per heavy atom. The lowest BCUT2D eigenvalue weighted by molar-refractivity contribution is -0.274. The highest BCUT2D eigenvalue weighted by atomic mass is 19.4. The zero-order valence-electron chi connectivity index (χ0n) is 18.9. The minimum Gasteiger partial charge on any atom is -0.482 e. The van der Waals surface area contributed by atoms with Crippen LogP contribution in [0, 0.1) is 5.92 Å². The molecule has 0 saturated carbocycles. The lowest BCUT2D eigenvalue weighted by atomic mass is 9.73. The van der Waals surface area contributed by atoms with Crippen LogP contribution >= 0.6 is 0 Å². The van der Waals surface area contributed by atoms with E-state index in [1.54, 1.807) is 17.0 Å². The van der Waals surface area contributed by atoms with Crippen molar-refractivity contribution >= 4 is 6.09 Å². The molecule has 8 heteroatoms. The standard InChI is InChI=1S/C25H28F3NO4/c1-23(2,3)33-22(30)29-14-12-19(13-15-29)24(16-17-6-4-5-7-21(17)32-24)18-8-10-20(11-9-18)31-25(26,27)28/h4-11,19H,12-16H2,1-3H3. The van der Waals surface area contributed by atoms with Gasteiger partial charge in [-0.3, -0.25) is 0 Å². The molecule has 2 aliphatic heterocycles. The van der Waals surface area contributed by atoms with E-state index in [1.807, 2.05) is 45.0 Å². The van der Waals surface area contributed by atoms with E-state index in [4.69, 9.17) is 9.47 Å². The fourth-order valence-electron chi connectivity index (χ4n) is 4.68. The summed E-state index contributed by atoms with van der Waals surface area (Å²) in [6.45, 7) is 6.56. The first-order valence-corrected chi connectivity index (χ1v) is 11.1. The van der Waals surface area contributed by atoms with Crippen LogP contribution in [0.3, 0.4) is 0 Å². The lowest BCUT2D eigenvalue weighted by Gasteiger charge is -2.42. The molecule has 0 aromatic heterocycles. The van der Waals surface area contributed by atoms with Gasteiger partial charge in [-0.2, -0.15) is 0 Å². The van der Waals surface area contributed by atoms with Crippen LogP contribution in [0.2, 0.25) is 0 Å². The second-order valence-corrected chi connectivity index (χ2v) is 9.59. The molecule has 5 nitrogen and oxygen atoms in total. The first-order chi connectivity index (χ1) is 15.5. The second-order valence-electron chi connectivity index (χ2n) is 9.59. The molecule has 0 N–H and O–H groups in total. The number of carbonyl (C=O) groups is 1. The lowest BCUT2D eigenvalue weighted by Crippen LogP contribution is -2.48. The maximum atomic E-state index is 12.6. The molecule has 2 heterocycles. The summed E-state index contributed by atoms with van der Waals surface area (Å²) in [7, 11) is 0. The van der Waals surface area contributed by atoms with E-state index < -0.39 is 17.6 Å². The number of halogens is 3. The fourth-order valence-corrected chi connectivity index (χ4v) is 4.68. The van der Waals surface area contributed by atoms with Gasteiger partial charge in [0.05, 0.1) is 0 Å². The molecule has 1 atom stereocenters. The van der Waals surface area contributed by atoms with Crippen molar-refractivity contribution in [3.05, 3.63) is 59.7 Å². The first-order valence-electron chi connectivity index (χ1n) is 11.1. The maximum Gasteiger partial charge on any atom is 0.573 e. The van der Waals surface area contributed by atoms with E-state index in [0.29, 0.717) is 32.4 Å². The van der Waals surface area contributed by atoms with Gasteiger partial charge in [0.25, 0.3) is 0 Å². The molecule has 4 rings (SSSR count). The summed E-state index contributed by atoms with van der Waals surface area (Å²) in [5.74, 6) is 0.581. The molecule has 1 amide bonds. The molecule has 0 radical (unpaired) electrons. The number of hydrogen-bond donors (Lipinski definition) is 0. The number of ether oxygens (including phenoxy) is 3. The molecule has 1 fully saturated rings. The van der Waals surface area contributed by atoms with Gasteiger partial charge in [0.2, 0.25) is 0 Å². The smallest absolute Gasteiger partial charge is 0.482 e. The third-order valence-electron chi connectivity index (χ3n) is 6.10. The van der Waals surface area contributed by atoms with E-state index in [1.165, 1.54) is 12.1 Å². The number of carbonyl (C=O) groups excluding carboxylic acids is 1. The topological polar surface area (TPSA) is 48.0 Å². The van der Waals surface area contributed by atoms with Crippen molar-refractivity contribution in [3.8, 4) is 11.5 Å². The van der Waals surface area contributed by atoms with Crippen LogP contribution in [0.15, 0.2) is 48.5 Å². The minimum atomic E-state index is -4.74. The summed E-state index contributed by atoms with van der Waals surface area (Å²) in [4.78, 5) is 14.2. The Morgan fingerprint density at radius 1 is 1.03 bits per heavy atom. The number of piperidine rings is 1. The summed E-state index contributed by atoms with van der Waals surface area (Å²) in [6, 6.07) is 13.7. The van der Waals surface area contributed by atoms with Crippen molar-refractivity contribution in [2.75, 3.05) is 13.1 Å². The second kappa shape index (κ2) is 8.47. The zero-order chi connectivity index (χ0) is 23.9. The Balaban J connectivity index is 1.57. The molecule has 2 aromatic rings. The zero-order valence-corrected chi connectivity index (χ0v) is 18.9. The number of benzene rings is 2. The van der Waals surface area contributed by atoms with Crippen molar-refractivity contribution < 1.29 is 32.2 Å². The van der Waals surface area contributed by atoms with Gasteiger partial charge in [-0.1, -0.05) is 30.3 Å². The van der Waals surface area contributed by atoms with Crippen LogP contribution < -0.4 is 9.47 Å². The predicted molar refractivity (Wildman–Crippen MR) is 116 cm³/mol.